The van der Waals surface area contributed by atoms with Crippen LogP contribution in [0.1, 0.15) is 37.0 Å². The molecule has 0 saturated heterocycles. The fourth-order valence-corrected chi connectivity index (χ4v) is 3.50. The maximum Gasteiger partial charge on any atom is 0.262 e. The molecule has 3 rings (SSSR count). The minimum atomic E-state index is -0.736. The van der Waals surface area contributed by atoms with Gasteiger partial charge in [0.15, 0.2) is 6.61 Å². The molecule has 0 aliphatic rings. The number of rotatable bonds is 12. The summed E-state index contributed by atoms with van der Waals surface area (Å²) in [4.78, 5) is 25.3. The molecule has 0 heterocycles. The molecule has 0 aliphatic carbocycles. The number of ether oxygens (including phenoxy) is 2. The summed E-state index contributed by atoms with van der Waals surface area (Å²) >= 11 is 0. The van der Waals surface area contributed by atoms with E-state index >= 15 is 0 Å². The molecule has 0 unspecified atom stereocenters. The van der Waals surface area contributed by atoms with Crippen molar-refractivity contribution in [1.82, 2.24) is 10.7 Å². The summed E-state index contributed by atoms with van der Waals surface area (Å²) in [6.07, 6.45) is 2.00. The Balaban J connectivity index is 1.56. The lowest BCUT2D eigenvalue weighted by molar-refractivity contribution is -0.130. The molecule has 0 spiro atoms. The quantitative estimate of drug-likeness (QED) is 0.288. The molecule has 36 heavy (non-hydrogen) atoms. The first-order valence-corrected chi connectivity index (χ1v) is 12.0. The van der Waals surface area contributed by atoms with Gasteiger partial charge in [0, 0.05) is 5.56 Å². The number of hydrazone groups is 1. The summed E-state index contributed by atoms with van der Waals surface area (Å²) in [6, 6.07) is 24.0. The first-order chi connectivity index (χ1) is 17.4. The second-order valence-electron chi connectivity index (χ2n) is 8.85. The van der Waals surface area contributed by atoms with Gasteiger partial charge < -0.3 is 14.8 Å². The average Bonchev–Trinajstić information content (AvgIpc) is 2.87. The van der Waals surface area contributed by atoms with Crippen molar-refractivity contribution in [2.24, 2.45) is 11.0 Å². The predicted octanol–water partition coefficient (Wildman–Crippen LogP) is 4.63. The maximum absolute atomic E-state index is 12.8. The van der Waals surface area contributed by atoms with Crippen molar-refractivity contribution >= 4 is 18.0 Å². The van der Waals surface area contributed by atoms with Gasteiger partial charge in [-0.1, -0.05) is 74.5 Å². The highest BCUT2D eigenvalue weighted by Gasteiger charge is 2.22. The van der Waals surface area contributed by atoms with Crippen LogP contribution in [0.25, 0.3) is 0 Å². The highest BCUT2D eigenvalue weighted by Crippen LogP contribution is 2.18. The van der Waals surface area contributed by atoms with Crippen LogP contribution in [0.5, 0.6) is 11.5 Å². The van der Waals surface area contributed by atoms with E-state index in [2.05, 4.69) is 15.8 Å². The zero-order valence-electron chi connectivity index (χ0n) is 20.9. The number of carbonyl (C=O) groups is 2. The molecule has 0 aliphatic heterocycles. The standard InChI is InChI=1S/C29H33N3O4/c1-21(2)17-25(31-28(33)20-36-26-15-9-7-11-22(26)3)29(34)32-30-18-24-14-8-10-16-27(24)35-19-23-12-5-4-6-13-23/h4-16,18,21,25H,17,19-20H2,1-3H3,(H,31,33)(H,32,34)/b30-18-/t25-/m0/s1. The number of nitrogens with zero attached hydrogens (tertiary/aromatic N) is 1. The number of amides is 2. The second kappa shape index (κ2) is 13.7. The molecule has 2 amide bonds. The van der Waals surface area contributed by atoms with E-state index in [0.29, 0.717) is 24.5 Å². The minimum Gasteiger partial charge on any atom is -0.488 e. The Morgan fingerprint density at radius 3 is 2.28 bits per heavy atom. The van der Waals surface area contributed by atoms with Gasteiger partial charge in [-0.3, -0.25) is 9.59 Å². The lowest BCUT2D eigenvalue weighted by atomic mass is 10.0. The van der Waals surface area contributed by atoms with Crippen molar-refractivity contribution in [3.05, 3.63) is 95.6 Å². The molecule has 0 bridgehead atoms. The summed E-state index contributed by atoms with van der Waals surface area (Å²) in [5, 5.41) is 6.87. The monoisotopic (exact) mass is 487 g/mol. The fourth-order valence-electron chi connectivity index (χ4n) is 3.50. The summed E-state index contributed by atoms with van der Waals surface area (Å²) < 4.78 is 11.5. The van der Waals surface area contributed by atoms with Crippen molar-refractivity contribution in [3.63, 3.8) is 0 Å². The normalized spacial score (nSPS) is 11.8. The SMILES string of the molecule is Cc1ccccc1OCC(=O)N[C@@H](CC(C)C)C(=O)N/N=C\c1ccccc1OCc1ccccc1. The van der Waals surface area contributed by atoms with Gasteiger partial charge in [0.05, 0.1) is 6.21 Å². The van der Waals surface area contributed by atoms with Crippen molar-refractivity contribution < 1.29 is 19.1 Å². The molecule has 1 atom stereocenters. The van der Waals surface area contributed by atoms with E-state index < -0.39 is 11.9 Å². The van der Waals surface area contributed by atoms with Crippen LogP contribution in [0, 0.1) is 12.8 Å². The summed E-state index contributed by atoms with van der Waals surface area (Å²) in [5.74, 6) is 0.707. The molecule has 0 saturated carbocycles. The first-order valence-electron chi connectivity index (χ1n) is 12.0. The largest absolute Gasteiger partial charge is 0.488 e. The number of aryl methyl sites for hydroxylation is 1. The van der Waals surface area contributed by atoms with Crippen LogP contribution in [0.2, 0.25) is 0 Å². The lowest BCUT2D eigenvalue weighted by Gasteiger charge is -2.19. The third-order valence-electron chi connectivity index (χ3n) is 5.35. The third-order valence-corrected chi connectivity index (χ3v) is 5.35. The Labute approximate surface area is 212 Å². The molecule has 0 aromatic heterocycles. The average molecular weight is 488 g/mol. The van der Waals surface area contributed by atoms with Gasteiger partial charge in [0.25, 0.3) is 11.8 Å². The van der Waals surface area contributed by atoms with Crippen LogP contribution < -0.4 is 20.2 Å². The molecule has 3 aromatic rings. The van der Waals surface area contributed by atoms with Crippen LogP contribution in [0.4, 0.5) is 0 Å². The van der Waals surface area contributed by atoms with E-state index in [1.54, 1.807) is 6.07 Å². The van der Waals surface area contributed by atoms with Crippen LogP contribution in [-0.2, 0) is 16.2 Å². The molecular weight excluding hydrogens is 454 g/mol. The fraction of sp³-hybridized carbons (Fsp3) is 0.276. The number of carbonyl (C=O) groups excluding carboxylic acids is 2. The van der Waals surface area contributed by atoms with E-state index in [1.165, 1.54) is 6.21 Å². The van der Waals surface area contributed by atoms with Crippen molar-refractivity contribution in [3.8, 4) is 11.5 Å². The Morgan fingerprint density at radius 2 is 1.56 bits per heavy atom. The smallest absolute Gasteiger partial charge is 0.262 e. The first kappa shape index (κ1) is 26.5. The topological polar surface area (TPSA) is 89.0 Å². The van der Waals surface area contributed by atoms with Crippen LogP contribution in [0.3, 0.4) is 0 Å². The molecule has 7 nitrogen and oxygen atoms in total. The number of nitrogens with one attached hydrogen (secondary N) is 2. The van der Waals surface area contributed by atoms with Crippen molar-refractivity contribution in [1.29, 1.82) is 0 Å². The maximum atomic E-state index is 12.8. The molecule has 188 valence electrons. The molecule has 0 radical (unpaired) electrons. The molecule has 3 aromatic carbocycles. The van der Waals surface area contributed by atoms with Crippen LogP contribution in [0.15, 0.2) is 84.0 Å². The van der Waals surface area contributed by atoms with Crippen molar-refractivity contribution in [2.45, 2.75) is 39.8 Å². The second-order valence-corrected chi connectivity index (χ2v) is 8.85. The van der Waals surface area contributed by atoms with E-state index in [1.807, 2.05) is 93.6 Å². The van der Waals surface area contributed by atoms with Crippen LogP contribution >= 0.6 is 0 Å². The highest BCUT2D eigenvalue weighted by molar-refractivity contribution is 5.89. The van der Waals surface area contributed by atoms with Gasteiger partial charge in [-0.05, 0) is 48.6 Å². The third kappa shape index (κ3) is 8.58. The number of benzene rings is 3. The highest BCUT2D eigenvalue weighted by atomic mass is 16.5. The summed E-state index contributed by atoms with van der Waals surface area (Å²) in [6.45, 7) is 6.12. The van der Waals surface area contributed by atoms with Gasteiger partial charge in [0.1, 0.15) is 24.1 Å². The number of hydrogen-bond acceptors (Lipinski definition) is 5. The van der Waals surface area contributed by atoms with E-state index in [9.17, 15) is 9.59 Å². The molecule has 0 fully saturated rings. The Bertz CT molecular complexity index is 1160. The van der Waals surface area contributed by atoms with Crippen LogP contribution in [-0.4, -0.2) is 30.7 Å². The number of para-hydroxylation sites is 2. The predicted molar refractivity (Wildman–Crippen MR) is 141 cm³/mol. The number of hydrogen-bond donors (Lipinski definition) is 2. The van der Waals surface area contributed by atoms with E-state index in [0.717, 1.165) is 16.7 Å². The van der Waals surface area contributed by atoms with Gasteiger partial charge in [-0.2, -0.15) is 5.10 Å². The van der Waals surface area contributed by atoms with Gasteiger partial charge in [0.2, 0.25) is 0 Å². The Morgan fingerprint density at radius 1 is 0.889 bits per heavy atom. The molecular formula is C29H33N3O4. The zero-order valence-corrected chi connectivity index (χ0v) is 20.9. The van der Waals surface area contributed by atoms with E-state index in [-0.39, 0.29) is 18.4 Å². The Kier molecular flexibility index (Phi) is 10.1. The van der Waals surface area contributed by atoms with Crippen molar-refractivity contribution in [2.75, 3.05) is 6.61 Å². The summed E-state index contributed by atoms with van der Waals surface area (Å²) in [5.41, 5.74) is 5.26. The van der Waals surface area contributed by atoms with E-state index in [4.69, 9.17) is 9.47 Å². The molecule has 2 N–H and O–H groups in total. The molecule has 7 heteroatoms. The van der Waals surface area contributed by atoms with Gasteiger partial charge >= 0.3 is 0 Å². The van der Waals surface area contributed by atoms with Gasteiger partial charge in [-0.15, -0.1) is 0 Å². The summed E-state index contributed by atoms with van der Waals surface area (Å²) in [7, 11) is 0. The minimum absolute atomic E-state index is 0.178. The zero-order chi connectivity index (χ0) is 25.8. The van der Waals surface area contributed by atoms with Gasteiger partial charge in [-0.25, -0.2) is 5.43 Å². The Hall–Kier alpha value is -4.13. The lowest BCUT2D eigenvalue weighted by Crippen LogP contribution is -2.47.